The first-order valence-corrected chi connectivity index (χ1v) is 9.71. The number of benzene rings is 1. The average molecular weight is 363 g/mol. The molecule has 0 aliphatic carbocycles. The second-order valence-electron chi connectivity index (χ2n) is 5.66. The maximum atomic E-state index is 13.0. The third-order valence-corrected chi connectivity index (χ3v) is 5.83. The zero-order valence-corrected chi connectivity index (χ0v) is 14.9. The van der Waals surface area contributed by atoms with E-state index in [0.29, 0.717) is 25.3 Å². The Morgan fingerprint density at radius 3 is 2.72 bits per heavy atom. The second kappa shape index (κ2) is 7.79. The monoisotopic (exact) mass is 363 g/mol. The van der Waals surface area contributed by atoms with Crippen LogP contribution in [0.5, 0.6) is 11.8 Å². The molecule has 7 nitrogen and oxygen atoms in total. The van der Waals surface area contributed by atoms with Crippen molar-refractivity contribution in [1.29, 1.82) is 0 Å². The van der Waals surface area contributed by atoms with E-state index in [2.05, 4.69) is 9.97 Å². The fourth-order valence-corrected chi connectivity index (χ4v) is 4.43. The van der Waals surface area contributed by atoms with Gasteiger partial charge in [0.2, 0.25) is 10.0 Å². The maximum absolute atomic E-state index is 13.0. The molecule has 1 unspecified atom stereocenters. The van der Waals surface area contributed by atoms with Crippen LogP contribution in [0.25, 0.3) is 0 Å². The minimum Gasteiger partial charge on any atom is -0.492 e. The number of nitrogens with zero attached hydrogens (tertiary/aromatic N) is 3. The van der Waals surface area contributed by atoms with Gasteiger partial charge in [0, 0.05) is 18.9 Å². The van der Waals surface area contributed by atoms with Crippen LogP contribution in [0.2, 0.25) is 0 Å². The first-order chi connectivity index (χ1) is 12.1. The van der Waals surface area contributed by atoms with Gasteiger partial charge in [-0.3, -0.25) is 0 Å². The third kappa shape index (κ3) is 4.08. The standard InChI is InChI=1S/C17H21N3O4S/c1-2-23-15-8-3-4-9-16(15)25(21,22)20-12-5-7-14(13-20)24-17-18-10-6-11-19-17/h3-4,6,8-11,14H,2,5,7,12-13H2,1H3. The van der Waals surface area contributed by atoms with Gasteiger partial charge in [-0.2, -0.15) is 4.31 Å². The molecule has 1 aliphatic heterocycles. The Hall–Kier alpha value is -2.19. The number of hydrogen-bond acceptors (Lipinski definition) is 6. The molecule has 134 valence electrons. The SMILES string of the molecule is CCOc1ccccc1S(=O)(=O)N1CCCC(Oc2ncccn2)C1. The lowest BCUT2D eigenvalue weighted by Crippen LogP contribution is -2.44. The molecule has 0 N–H and O–H groups in total. The molecule has 2 aromatic rings. The molecule has 1 aliphatic rings. The number of para-hydroxylation sites is 1. The Morgan fingerprint density at radius 2 is 1.96 bits per heavy atom. The van der Waals surface area contributed by atoms with E-state index in [1.165, 1.54) is 4.31 Å². The molecule has 0 spiro atoms. The molecule has 1 fully saturated rings. The quantitative estimate of drug-likeness (QED) is 0.782. The van der Waals surface area contributed by atoms with E-state index in [0.717, 1.165) is 6.42 Å². The van der Waals surface area contributed by atoms with Crippen LogP contribution in [0.1, 0.15) is 19.8 Å². The topological polar surface area (TPSA) is 81.6 Å². The summed E-state index contributed by atoms with van der Waals surface area (Å²) in [5.74, 6) is 0.374. The van der Waals surface area contributed by atoms with E-state index < -0.39 is 10.0 Å². The van der Waals surface area contributed by atoms with Crippen molar-refractivity contribution in [2.75, 3.05) is 19.7 Å². The van der Waals surface area contributed by atoms with E-state index >= 15 is 0 Å². The normalized spacial score (nSPS) is 18.7. The van der Waals surface area contributed by atoms with Crippen molar-refractivity contribution in [3.05, 3.63) is 42.7 Å². The summed E-state index contributed by atoms with van der Waals surface area (Å²) in [6.45, 7) is 2.96. The lowest BCUT2D eigenvalue weighted by molar-refractivity contribution is 0.119. The van der Waals surface area contributed by atoms with Crippen molar-refractivity contribution in [1.82, 2.24) is 14.3 Å². The van der Waals surface area contributed by atoms with Crippen molar-refractivity contribution >= 4 is 10.0 Å². The van der Waals surface area contributed by atoms with Crippen LogP contribution < -0.4 is 9.47 Å². The van der Waals surface area contributed by atoms with Gasteiger partial charge < -0.3 is 9.47 Å². The molecule has 0 saturated carbocycles. The maximum Gasteiger partial charge on any atom is 0.316 e. The smallest absolute Gasteiger partial charge is 0.316 e. The summed E-state index contributed by atoms with van der Waals surface area (Å²) in [5, 5.41) is 0. The molecule has 0 amide bonds. The number of piperidine rings is 1. The minimum atomic E-state index is -3.65. The fourth-order valence-electron chi connectivity index (χ4n) is 2.79. The number of aromatic nitrogens is 2. The summed E-state index contributed by atoms with van der Waals surface area (Å²) in [6, 6.07) is 8.68. The lowest BCUT2D eigenvalue weighted by Gasteiger charge is -2.31. The van der Waals surface area contributed by atoms with Gasteiger partial charge in [0.1, 0.15) is 16.7 Å². The highest BCUT2D eigenvalue weighted by atomic mass is 32.2. The molecule has 8 heteroatoms. The Kier molecular flexibility index (Phi) is 5.50. The van der Waals surface area contributed by atoms with E-state index in [1.54, 1.807) is 42.7 Å². The molecule has 0 radical (unpaired) electrons. The summed E-state index contributed by atoms with van der Waals surface area (Å²) >= 11 is 0. The lowest BCUT2D eigenvalue weighted by atomic mass is 10.1. The predicted octanol–water partition coefficient (Wildman–Crippen LogP) is 2.11. The van der Waals surface area contributed by atoms with Crippen LogP contribution in [0.15, 0.2) is 47.6 Å². The van der Waals surface area contributed by atoms with Gasteiger partial charge in [0.05, 0.1) is 13.2 Å². The van der Waals surface area contributed by atoms with Crippen LogP contribution in [-0.2, 0) is 10.0 Å². The highest BCUT2D eigenvalue weighted by Crippen LogP contribution is 2.29. The van der Waals surface area contributed by atoms with Crippen LogP contribution in [0, 0.1) is 0 Å². The van der Waals surface area contributed by atoms with Gasteiger partial charge in [-0.05, 0) is 38.0 Å². The predicted molar refractivity (Wildman–Crippen MR) is 92.1 cm³/mol. The van der Waals surface area contributed by atoms with Gasteiger partial charge in [-0.15, -0.1) is 0 Å². The Bertz CT molecular complexity index is 799. The van der Waals surface area contributed by atoms with E-state index in [1.807, 2.05) is 6.92 Å². The van der Waals surface area contributed by atoms with Crippen molar-refractivity contribution < 1.29 is 17.9 Å². The van der Waals surface area contributed by atoms with E-state index in [4.69, 9.17) is 9.47 Å². The summed E-state index contributed by atoms with van der Waals surface area (Å²) < 4.78 is 38.7. The van der Waals surface area contributed by atoms with Gasteiger partial charge in [0.15, 0.2) is 0 Å². The highest BCUT2D eigenvalue weighted by molar-refractivity contribution is 7.89. The summed E-state index contributed by atoms with van der Waals surface area (Å²) in [7, 11) is -3.65. The first kappa shape index (κ1) is 17.6. The van der Waals surface area contributed by atoms with E-state index in [9.17, 15) is 8.42 Å². The van der Waals surface area contributed by atoms with Crippen molar-refractivity contribution in [3.8, 4) is 11.8 Å². The Labute approximate surface area is 147 Å². The minimum absolute atomic E-state index is 0.188. The first-order valence-electron chi connectivity index (χ1n) is 8.27. The summed E-state index contributed by atoms with van der Waals surface area (Å²) in [6.07, 6.45) is 4.39. The molecule has 2 heterocycles. The third-order valence-electron chi connectivity index (χ3n) is 3.92. The number of rotatable bonds is 6. The molecule has 1 saturated heterocycles. The van der Waals surface area contributed by atoms with Crippen LogP contribution in [0.4, 0.5) is 0 Å². The molecule has 25 heavy (non-hydrogen) atoms. The summed E-state index contributed by atoms with van der Waals surface area (Å²) in [5.41, 5.74) is 0. The fraction of sp³-hybridized carbons (Fsp3) is 0.412. The molecule has 1 aromatic carbocycles. The molecular weight excluding hydrogens is 342 g/mol. The van der Waals surface area contributed by atoms with Gasteiger partial charge in [-0.1, -0.05) is 12.1 Å². The summed E-state index contributed by atoms with van der Waals surface area (Å²) in [4.78, 5) is 8.26. The zero-order valence-electron chi connectivity index (χ0n) is 14.0. The number of ether oxygens (including phenoxy) is 2. The zero-order chi connectivity index (χ0) is 17.7. The molecule has 1 aromatic heterocycles. The van der Waals surface area contributed by atoms with Crippen molar-refractivity contribution in [2.24, 2.45) is 0 Å². The van der Waals surface area contributed by atoms with E-state index in [-0.39, 0.29) is 23.6 Å². The number of sulfonamides is 1. The molecule has 3 rings (SSSR count). The van der Waals surface area contributed by atoms with Crippen LogP contribution >= 0.6 is 0 Å². The van der Waals surface area contributed by atoms with Gasteiger partial charge in [-0.25, -0.2) is 18.4 Å². The average Bonchev–Trinajstić information content (AvgIpc) is 2.63. The number of hydrogen-bond donors (Lipinski definition) is 0. The van der Waals surface area contributed by atoms with Gasteiger partial charge in [0.25, 0.3) is 0 Å². The van der Waals surface area contributed by atoms with Crippen molar-refractivity contribution in [3.63, 3.8) is 0 Å². The molecular formula is C17H21N3O4S. The molecule has 0 bridgehead atoms. The highest BCUT2D eigenvalue weighted by Gasteiger charge is 2.33. The molecule has 1 atom stereocenters. The largest absolute Gasteiger partial charge is 0.492 e. The van der Waals surface area contributed by atoms with Crippen LogP contribution in [-0.4, -0.2) is 48.5 Å². The van der Waals surface area contributed by atoms with Gasteiger partial charge >= 0.3 is 6.01 Å². The Balaban J connectivity index is 1.78. The van der Waals surface area contributed by atoms with Crippen LogP contribution in [0.3, 0.4) is 0 Å². The Morgan fingerprint density at radius 1 is 1.20 bits per heavy atom. The van der Waals surface area contributed by atoms with Crippen molar-refractivity contribution in [2.45, 2.75) is 30.8 Å². The second-order valence-corrected chi connectivity index (χ2v) is 7.56.